The molecule has 0 aliphatic rings. The van der Waals surface area contributed by atoms with Crippen LogP contribution >= 0.6 is 22.9 Å². The zero-order valence-corrected chi connectivity index (χ0v) is 14.5. The van der Waals surface area contributed by atoms with Gasteiger partial charge in [-0.05, 0) is 12.1 Å². The van der Waals surface area contributed by atoms with Gasteiger partial charge in [0.1, 0.15) is 4.88 Å². The molecule has 0 saturated heterocycles. The van der Waals surface area contributed by atoms with Gasteiger partial charge in [0.05, 0.1) is 18.8 Å². The number of nitrogens with one attached hydrogen (secondary N) is 1. The van der Waals surface area contributed by atoms with Crippen LogP contribution in [0.3, 0.4) is 0 Å². The molecule has 0 atom stereocenters. The number of oxazole rings is 1. The number of fused-ring (bicyclic) bond motifs is 1. The highest BCUT2D eigenvalue weighted by Gasteiger charge is 2.14. The predicted molar refractivity (Wildman–Crippen MR) is 92.2 cm³/mol. The molecular formula is C15H12ClN3O5S. The number of hydrogen-bond acceptors (Lipinski definition) is 7. The van der Waals surface area contributed by atoms with Crippen LogP contribution in [0.15, 0.2) is 33.6 Å². The summed E-state index contributed by atoms with van der Waals surface area (Å²) in [6.45, 7) is 0.133. The maximum Gasteiger partial charge on any atom is 0.419 e. The molecular weight excluding hydrogens is 370 g/mol. The minimum absolute atomic E-state index is 0.0320. The van der Waals surface area contributed by atoms with Gasteiger partial charge in [-0.2, -0.15) is 0 Å². The van der Waals surface area contributed by atoms with Crippen LogP contribution in [0.1, 0.15) is 16.1 Å². The van der Waals surface area contributed by atoms with Gasteiger partial charge in [-0.25, -0.2) is 14.6 Å². The van der Waals surface area contributed by atoms with E-state index in [1.165, 1.54) is 17.9 Å². The summed E-state index contributed by atoms with van der Waals surface area (Å²) in [4.78, 5) is 39.5. The second kappa shape index (κ2) is 7.08. The number of methoxy groups -OCH3 is 1. The molecule has 0 radical (unpaired) electrons. The lowest BCUT2D eigenvalue weighted by Crippen LogP contribution is -2.19. The molecule has 3 aromatic rings. The number of esters is 1. The molecule has 3 rings (SSSR count). The number of ether oxygens (including phenoxy) is 1. The fourth-order valence-electron chi connectivity index (χ4n) is 2.17. The smallest absolute Gasteiger partial charge is 0.419 e. The molecule has 8 nitrogen and oxygen atoms in total. The lowest BCUT2D eigenvalue weighted by Gasteiger charge is -2.03. The van der Waals surface area contributed by atoms with Crippen LogP contribution in [-0.4, -0.2) is 28.5 Å². The zero-order valence-electron chi connectivity index (χ0n) is 12.9. The number of carbonyl (C=O) groups excluding carboxylic acids is 2. The molecule has 10 heteroatoms. The number of rotatable bonds is 5. The minimum atomic E-state index is -0.563. The standard InChI is InChI=1S/C15H12ClN3O5S/c1-23-13(21)11-7-17-14(25-11)18-12(20)4-5-19-9-3-2-8(16)6-10(9)24-15(19)22/h2-3,6-7H,4-5H2,1H3,(H,17,18,20). The number of amides is 1. The van der Waals surface area contributed by atoms with Crippen molar-refractivity contribution in [1.82, 2.24) is 9.55 Å². The van der Waals surface area contributed by atoms with E-state index in [0.29, 0.717) is 16.1 Å². The summed E-state index contributed by atoms with van der Waals surface area (Å²) in [6.07, 6.45) is 1.36. The fraction of sp³-hybridized carbons (Fsp3) is 0.200. The Kier molecular flexibility index (Phi) is 4.86. The average molecular weight is 382 g/mol. The summed E-state index contributed by atoms with van der Waals surface area (Å²) < 4.78 is 11.0. The summed E-state index contributed by atoms with van der Waals surface area (Å²) in [5.41, 5.74) is 0.921. The van der Waals surface area contributed by atoms with Gasteiger partial charge >= 0.3 is 11.7 Å². The molecule has 1 amide bonds. The van der Waals surface area contributed by atoms with E-state index in [9.17, 15) is 14.4 Å². The topological polar surface area (TPSA) is 103 Å². The number of aryl methyl sites for hydroxylation is 1. The van der Waals surface area contributed by atoms with E-state index in [0.717, 1.165) is 11.3 Å². The first-order valence-corrected chi connectivity index (χ1v) is 8.30. The molecule has 0 unspecified atom stereocenters. The van der Waals surface area contributed by atoms with Crippen molar-refractivity contribution in [2.24, 2.45) is 0 Å². The third-order valence-electron chi connectivity index (χ3n) is 3.33. The number of hydrogen-bond donors (Lipinski definition) is 1. The van der Waals surface area contributed by atoms with Crippen molar-refractivity contribution in [1.29, 1.82) is 0 Å². The Balaban J connectivity index is 1.67. The highest BCUT2D eigenvalue weighted by atomic mass is 35.5. The number of thiazole rings is 1. The van der Waals surface area contributed by atoms with Crippen LogP contribution < -0.4 is 11.1 Å². The van der Waals surface area contributed by atoms with Crippen molar-refractivity contribution in [3.63, 3.8) is 0 Å². The summed E-state index contributed by atoms with van der Waals surface area (Å²) in [5, 5.41) is 3.31. The van der Waals surface area contributed by atoms with Crippen LogP contribution in [0, 0.1) is 0 Å². The largest absolute Gasteiger partial charge is 0.465 e. The first kappa shape index (κ1) is 17.2. The number of benzene rings is 1. The highest BCUT2D eigenvalue weighted by Crippen LogP contribution is 2.20. The first-order valence-electron chi connectivity index (χ1n) is 7.11. The highest BCUT2D eigenvalue weighted by molar-refractivity contribution is 7.17. The van der Waals surface area contributed by atoms with Crippen molar-refractivity contribution in [3.05, 3.63) is 44.8 Å². The van der Waals surface area contributed by atoms with Gasteiger partial charge < -0.3 is 14.5 Å². The third-order valence-corrected chi connectivity index (χ3v) is 4.46. The molecule has 0 bridgehead atoms. The van der Waals surface area contributed by atoms with Gasteiger partial charge in [0.2, 0.25) is 5.91 Å². The number of nitrogens with zero attached hydrogens (tertiary/aromatic N) is 2. The normalized spacial score (nSPS) is 10.8. The van der Waals surface area contributed by atoms with Crippen molar-refractivity contribution in [2.75, 3.05) is 12.4 Å². The van der Waals surface area contributed by atoms with Crippen LogP contribution in [-0.2, 0) is 16.1 Å². The van der Waals surface area contributed by atoms with E-state index >= 15 is 0 Å². The number of aromatic nitrogens is 2. The van der Waals surface area contributed by atoms with Crippen molar-refractivity contribution >= 4 is 51.0 Å². The van der Waals surface area contributed by atoms with Crippen LogP contribution in [0.25, 0.3) is 11.1 Å². The molecule has 0 spiro atoms. The molecule has 1 aromatic carbocycles. The number of carbonyl (C=O) groups is 2. The summed E-state index contributed by atoms with van der Waals surface area (Å²) >= 11 is 6.86. The molecule has 130 valence electrons. The van der Waals surface area contributed by atoms with E-state index in [1.54, 1.807) is 18.2 Å². The fourth-order valence-corrected chi connectivity index (χ4v) is 3.09. The third kappa shape index (κ3) is 3.72. The summed E-state index contributed by atoms with van der Waals surface area (Å²) in [5.74, 6) is -1.43. The van der Waals surface area contributed by atoms with Crippen molar-refractivity contribution < 1.29 is 18.7 Å². The zero-order chi connectivity index (χ0) is 18.0. The Morgan fingerprint density at radius 1 is 1.44 bits per heavy atom. The molecule has 0 fully saturated rings. The Hall–Kier alpha value is -2.65. The maximum atomic E-state index is 12.0. The van der Waals surface area contributed by atoms with Gasteiger partial charge in [-0.3, -0.25) is 9.36 Å². The second-order valence-electron chi connectivity index (χ2n) is 4.95. The van der Waals surface area contributed by atoms with Crippen molar-refractivity contribution in [3.8, 4) is 0 Å². The molecule has 0 aliphatic carbocycles. The number of anilines is 1. The lowest BCUT2D eigenvalue weighted by atomic mass is 10.3. The van der Waals surface area contributed by atoms with E-state index in [1.807, 2.05) is 0 Å². The Bertz CT molecular complexity index is 1010. The van der Waals surface area contributed by atoms with E-state index < -0.39 is 11.7 Å². The average Bonchev–Trinajstić information content (AvgIpc) is 3.15. The van der Waals surface area contributed by atoms with E-state index in [-0.39, 0.29) is 28.9 Å². The van der Waals surface area contributed by atoms with Gasteiger partial charge in [0, 0.05) is 24.1 Å². The quantitative estimate of drug-likeness (QED) is 0.681. The molecule has 2 heterocycles. The van der Waals surface area contributed by atoms with Crippen molar-refractivity contribution in [2.45, 2.75) is 13.0 Å². The minimum Gasteiger partial charge on any atom is -0.465 e. The summed E-state index contributed by atoms with van der Waals surface area (Å²) in [6, 6.07) is 4.84. The van der Waals surface area contributed by atoms with E-state index in [2.05, 4.69) is 15.0 Å². The monoisotopic (exact) mass is 381 g/mol. The van der Waals surface area contributed by atoms with Gasteiger partial charge in [0.15, 0.2) is 10.7 Å². The van der Waals surface area contributed by atoms with Crippen LogP contribution in [0.5, 0.6) is 0 Å². The van der Waals surface area contributed by atoms with Gasteiger partial charge in [-0.15, -0.1) is 0 Å². The van der Waals surface area contributed by atoms with Gasteiger partial charge in [0.25, 0.3) is 0 Å². The molecule has 0 aliphatic heterocycles. The SMILES string of the molecule is COC(=O)c1cnc(NC(=O)CCn2c(=O)oc3cc(Cl)ccc32)s1. The maximum absolute atomic E-state index is 12.0. The summed E-state index contributed by atoms with van der Waals surface area (Å²) in [7, 11) is 1.26. The lowest BCUT2D eigenvalue weighted by molar-refractivity contribution is -0.116. The number of halogens is 1. The van der Waals surface area contributed by atoms with Crippen LogP contribution in [0.2, 0.25) is 5.02 Å². The van der Waals surface area contributed by atoms with E-state index in [4.69, 9.17) is 16.0 Å². The Morgan fingerprint density at radius 3 is 3.00 bits per heavy atom. The predicted octanol–water partition coefficient (Wildman–Crippen LogP) is 2.52. The molecule has 0 saturated carbocycles. The molecule has 2 aromatic heterocycles. The first-order chi connectivity index (χ1) is 12.0. The molecule has 1 N–H and O–H groups in total. The second-order valence-corrected chi connectivity index (χ2v) is 6.42. The van der Waals surface area contributed by atoms with Crippen LogP contribution in [0.4, 0.5) is 5.13 Å². The Labute approximate surface area is 150 Å². The molecule has 25 heavy (non-hydrogen) atoms. The Morgan fingerprint density at radius 2 is 2.24 bits per heavy atom. The van der Waals surface area contributed by atoms with Gasteiger partial charge in [-0.1, -0.05) is 22.9 Å².